The van der Waals surface area contributed by atoms with E-state index < -0.39 is 18.4 Å². The van der Waals surface area contributed by atoms with Gasteiger partial charge in [-0.2, -0.15) is 0 Å². The van der Waals surface area contributed by atoms with Gasteiger partial charge in [0.25, 0.3) is 0 Å². The number of rotatable bonds is 5. The van der Waals surface area contributed by atoms with E-state index in [-0.39, 0.29) is 17.6 Å². The topological polar surface area (TPSA) is 78.9 Å². The number of carboxylic acids is 1. The van der Waals surface area contributed by atoms with Crippen LogP contribution in [-0.4, -0.2) is 47.4 Å². The van der Waals surface area contributed by atoms with Gasteiger partial charge in [-0.05, 0) is 57.1 Å². The molecule has 1 amide bonds. The molecule has 0 bridgehead atoms. The fraction of sp³-hybridized carbons (Fsp3) is 0.500. The molecule has 1 atom stereocenters. The predicted molar refractivity (Wildman–Crippen MR) is 83.1 cm³/mol. The minimum Gasteiger partial charge on any atom is -0.481 e. The average molecular weight is 360 g/mol. The molecular formula is C16H19F3N2O4. The summed E-state index contributed by atoms with van der Waals surface area (Å²) in [6.45, 7) is 2.71. The normalized spacial score (nSPS) is 17.8. The number of anilines is 1. The smallest absolute Gasteiger partial charge is 0.481 e. The standard InChI is InChI=1S/C16H19F3N2O4/c1-10(21-8-6-11(7-9-21)15(23)24)14(22)20-12-2-4-13(5-3-12)25-16(17,18)19/h2-5,10-11H,6-9H2,1H3,(H,20,22)(H,23,24). The number of piperidine rings is 1. The maximum absolute atomic E-state index is 12.3. The van der Waals surface area contributed by atoms with Crippen molar-refractivity contribution in [3.63, 3.8) is 0 Å². The molecule has 25 heavy (non-hydrogen) atoms. The minimum absolute atomic E-state index is 0.307. The number of nitrogens with one attached hydrogen (secondary N) is 1. The molecule has 2 N–H and O–H groups in total. The van der Waals surface area contributed by atoms with Crippen LogP contribution in [0.1, 0.15) is 19.8 Å². The van der Waals surface area contributed by atoms with Crippen molar-refractivity contribution in [2.45, 2.75) is 32.2 Å². The third-order valence-electron chi connectivity index (χ3n) is 4.16. The largest absolute Gasteiger partial charge is 0.573 e. The SMILES string of the molecule is CC(C(=O)Nc1ccc(OC(F)(F)F)cc1)N1CCC(C(=O)O)CC1. The summed E-state index contributed by atoms with van der Waals surface area (Å²) in [4.78, 5) is 25.1. The average Bonchev–Trinajstić information content (AvgIpc) is 2.54. The molecule has 2 rings (SSSR count). The number of alkyl halides is 3. The van der Waals surface area contributed by atoms with Crippen LogP contribution >= 0.6 is 0 Å². The molecule has 1 aliphatic heterocycles. The van der Waals surface area contributed by atoms with Gasteiger partial charge in [0.1, 0.15) is 5.75 Å². The van der Waals surface area contributed by atoms with E-state index in [4.69, 9.17) is 5.11 Å². The number of carboxylic acid groups (broad SMARTS) is 1. The Balaban J connectivity index is 1.88. The molecule has 6 nitrogen and oxygen atoms in total. The van der Waals surface area contributed by atoms with Crippen molar-refractivity contribution in [3.05, 3.63) is 24.3 Å². The number of hydrogen-bond acceptors (Lipinski definition) is 4. The minimum atomic E-state index is -4.76. The van der Waals surface area contributed by atoms with Crippen molar-refractivity contribution >= 4 is 17.6 Å². The van der Waals surface area contributed by atoms with Crippen LogP contribution < -0.4 is 10.1 Å². The summed E-state index contributed by atoms with van der Waals surface area (Å²) in [7, 11) is 0. The first kappa shape index (κ1) is 19.0. The van der Waals surface area contributed by atoms with Gasteiger partial charge < -0.3 is 15.2 Å². The molecule has 1 fully saturated rings. The fourth-order valence-electron chi connectivity index (χ4n) is 2.69. The summed E-state index contributed by atoms with van der Waals surface area (Å²) in [5.74, 6) is -1.88. The van der Waals surface area contributed by atoms with Crippen molar-refractivity contribution in [2.75, 3.05) is 18.4 Å². The van der Waals surface area contributed by atoms with E-state index in [0.717, 1.165) is 12.1 Å². The summed E-state index contributed by atoms with van der Waals surface area (Å²) in [5.41, 5.74) is 0.354. The number of hydrogen-bond donors (Lipinski definition) is 2. The van der Waals surface area contributed by atoms with E-state index in [0.29, 0.717) is 31.6 Å². The van der Waals surface area contributed by atoms with Crippen molar-refractivity contribution in [3.8, 4) is 5.75 Å². The zero-order valence-electron chi connectivity index (χ0n) is 13.5. The summed E-state index contributed by atoms with van der Waals surface area (Å²) < 4.78 is 40.1. The summed E-state index contributed by atoms with van der Waals surface area (Å²) in [5, 5.41) is 11.6. The molecule has 1 aromatic carbocycles. The second kappa shape index (κ2) is 7.73. The molecule has 1 unspecified atom stereocenters. The number of carbonyl (C=O) groups is 2. The molecule has 138 valence electrons. The molecule has 0 spiro atoms. The molecule has 1 saturated heterocycles. The lowest BCUT2D eigenvalue weighted by Gasteiger charge is -2.33. The zero-order valence-corrected chi connectivity index (χ0v) is 13.5. The molecule has 1 aliphatic rings. The van der Waals surface area contributed by atoms with Gasteiger partial charge in [0.15, 0.2) is 0 Å². The number of carbonyl (C=O) groups excluding carboxylic acids is 1. The molecule has 0 saturated carbocycles. The number of likely N-dealkylation sites (tertiary alicyclic amines) is 1. The lowest BCUT2D eigenvalue weighted by molar-refractivity contribution is -0.274. The first-order chi connectivity index (χ1) is 11.7. The number of amides is 1. The van der Waals surface area contributed by atoms with Gasteiger partial charge in [0, 0.05) is 5.69 Å². The second-order valence-corrected chi connectivity index (χ2v) is 5.89. The van der Waals surface area contributed by atoms with Gasteiger partial charge >= 0.3 is 12.3 Å². The zero-order chi connectivity index (χ0) is 18.6. The Kier molecular flexibility index (Phi) is 5.89. The van der Waals surface area contributed by atoms with Crippen LogP contribution in [0.3, 0.4) is 0 Å². The summed E-state index contributed by atoms with van der Waals surface area (Å²) >= 11 is 0. The highest BCUT2D eigenvalue weighted by molar-refractivity contribution is 5.94. The van der Waals surface area contributed by atoms with Crippen LogP contribution in [0, 0.1) is 5.92 Å². The van der Waals surface area contributed by atoms with Gasteiger partial charge in [-0.25, -0.2) is 0 Å². The van der Waals surface area contributed by atoms with E-state index in [1.54, 1.807) is 6.92 Å². The van der Waals surface area contributed by atoms with E-state index in [1.165, 1.54) is 12.1 Å². The molecule has 0 aromatic heterocycles. The van der Waals surface area contributed by atoms with Gasteiger partial charge in [-0.3, -0.25) is 14.5 Å². The van der Waals surface area contributed by atoms with Crippen LogP contribution in [0.5, 0.6) is 5.75 Å². The molecular weight excluding hydrogens is 341 g/mol. The Bertz CT molecular complexity index is 611. The van der Waals surface area contributed by atoms with Crippen LogP contribution in [0.4, 0.5) is 18.9 Å². The first-order valence-corrected chi connectivity index (χ1v) is 7.79. The van der Waals surface area contributed by atoms with Crippen molar-refractivity contribution < 1.29 is 32.6 Å². The van der Waals surface area contributed by atoms with Crippen LogP contribution in [0.15, 0.2) is 24.3 Å². The Morgan fingerprint density at radius 1 is 1.24 bits per heavy atom. The Hall–Kier alpha value is -2.29. The first-order valence-electron chi connectivity index (χ1n) is 7.79. The molecule has 1 heterocycles. The molecule has 9 heteroatoms. The van der Waals surface area contributed by atoms with Gasteiger partial charge in [0.05, 0.1) is 12.0 Å². The number of aliphatic carboxylic acids is 1. The lowest BCUT2D eigenvalue weighted by atomic mass is 9.96. The third kappa shape index (κ3) is 5.63. The van der Waals surface area contributed by atoms with Crippen molar-refractivity contribution in [1.29, 1.82) is 0 Å². The highest BCUT2D eigenvalue weighted by atomic mass is 19.4. The van der Waals surface area contributed by atoms with Crippen molar-refractivity contribution in [1.82, 2.24) is 4.90 Å². The van der Waals surface area contributed by atoms with Gasteiger partial charge in [-0.1, -0.05) is 0 Å². The fourth-order valence-corrected chi connectivity index (χ4v) is 2.69. The number of ether oxygens (including phenoxy) is 1. The molecule has 0 radical (unpaired) electrons. The highest BCUT2D eigenvalue weighted by Gasteiger charge is 2.31. The third-order valence-corrected chi connectivity index (χ3v) is 4.16. The maximum Gasteiger partial charge on any atom is 0.573 e. The van der Waals surface area contributed by atoms with Crippen LogP contribution in [0.2, 0.25) is 0 Å². The molecule has 0 aliphatic carbocycles. The van der Waals surface area contributed by atoms with Crippen molar-refractivity contribution in [2.24, 2.45) is 5.92 Å². The highest BCUT2D eigenvalue weighted by Crippen LogP contribution is 2.24. The second-order valence-electron chi connectivity index (χ2n) is 5.89. The molecule has 1 aromatic rings. The lowest BCUT2D eigenvalue weighted by Crippen LogP contribution is -2.46. The quantitative estimate of drug-likeness (QED) is 0.844. The van der Waals surface area contributed by atoms with E-state index >= 15 is 0 Å². The number of nitrogens with zero attached hydrogens (tertiary/aromatic N) is 1. The van der Waals surface area contributed by atoms with Crippen LogP contribution in [0.25, 0.3) is 0 Å². The Morgan fingerprint density at radius 3 is 2.28 bits per heavy atom. The summed E-state index contributed by atoms with van der Waals surface area (Å²) in [6.07, 6.45) is -3.80. The summed E-state index contributed by atoms with van der Waals surface area (Å²) in [6, 6.07) is 4.41. The maximum atomic E-state index is 12.3. The van der Waals surface area contributed by atoms with E-state index in [9.17, 15) is 22.8 Å². The predicted octanol–water partition coefficient (Wildman–Crippen LogP) is 2.71. The monoisotopic (exact) mass is 360 g/mol. The van der Waals surface area contributed by atoms with Gasteiger partial charge in [0.2, 0.25) is 5.91 Å². The van der Waals surface area contributed by atoms with E-state index in [1.807, 2.05) is 4.90 Å². The Morgan fingerprint density at radius 2 is 1.80 bits per heavy atom. The van der Waals surface area contributed by atoms with Gasteiger partial charge in [-0.15, -0.1) is 13.2 Å². The number of halogens is 3. The van der Waals surface area contributed by atoms with Crippen LogP contribution in [-0.2, 0) is 9.59 Å². The van der Waals surface area contributed by atoms with E-state index in [2.05, 4.69) is 10.1 Å². The Labute approximate surface area is 142 Å². The number of benzene rings is 1.